The van der Waals surface area contributed by atoms with Crippen molar-refractivity contribution in [3.8, 4) is 11.5 Å². The van der Waals surface area contributed by atoms with Gasteiger partial charge < -0.3 is 15.2 Å². The number of hydrogen-bond acceptors (Lipinski definition) is 3. The highest BCUT2D eigenvalue weighted by atomic mass is 35.5. The minimum absolute atomic E-state index is 0. The summed E-state index contributed by atoms with van der Waals surface area (Å²) in [6.45, 7) is 3.05. The van der Waals surface area contributed by atoms with E-state index in [-0.39, 0.29) is 18.5 Å². The van der Waals surface area contributed by atoms with E-state index in [0.29, 0.717) is 13.1 Å². The molecule has 0 heterocycles. The van der Waals surface area contributed by atoms with E-state index < -0.39 is 0 Å². The van der Waals surface area contributed by atoms with Gasteiger partial charge in [0, 0.05) is 18.5 Å². The molecule has 0 aliphatic carbocycles. The summed E-state index contributed by atoms with van der Waals surface area (Å²) in [7, 11) is 0. The van der Waals surface area contributed by atoms with Gasteiger partial charge in [-0.1, -0.05) is 48.5 Å². The maximum Gasteiger partial charge on any atom is 0.135 e. The van der Waals surface area contributed by atoms with Crippen LogP contribution in [0.15, 0.2) is 66.7 Å². The molecular formula is C20H22ClNO2. The number of halogens is 1. The van der Waals surface area contributed by atoms with Crippen molar-refractivity contribution in [2.24, 2.45) is 0 Å². The van der Waals surface area contributed by atoms with Crippen LogP contribution in [0.1, 0.15) is 12.5 Å². The molecule has 0 saturated heterocycles. The molecule has 3 rings (SSSR count). The Morgan fingerprint density at radius 3 is 2.58 bits per heavy atom. The first-order valence-corrected chi connectivity index (χ1v) is 7.86. The van der Waals surface area contributed by atoms with Crippen molar-refractivity contribution < 1.29 is 9.84 Å². The molecule has 0 saturated carbocycles. The second-order valence-corrected chi connectivity index (χ2v) is 5.71. The standard InChI is InChI=1S/C20H21NO2.ClH/c1-15(22)13-21-14-16-6-4-9-18(12-16)23-20-11-5-8-17-7-2-3-10-19(17)20;/h2-12,15,21-22H,13-14H2,1H3;1H/t15-;/m0./s1. The van der Waals surface area contributed by atoms with Gasteiger partial charge in [0.25, 0.3) is 0 Å². The van der Waals surface area contributed by atoms with E-state index in [1.807, 2.05) is 48.5 Å². The second-order valence-electron chi connectivity index (χ2n) is 5.71. The maximum atomic E-state index is 9.29. The van der Waals surface area contributed by atoms with E-state index in [2.05, 4.69) is 23.5 Å². The molecule has 3 nitrogen and oxygen atoms in total. The summed E-state index contributed by atoms with van der Waals surface area (Å²) in [5.74, 6) is 1.68. The van der Waals surface area contributed by atoms with Crippen molar-refractivity contribution in [3.05, 3.63) is 72.3 Å². The zero-order valence-corrected chi connectivity index (χ0v) is 14.4. The minimum Gasteiger partial charge on any atom is -0.457 e. The number of aliphatic hydroxyl groups is 1. The zero-order valence-electron chi connectivity index (χ0n) is 13.6. The lowest BCUT2D eigenvalue weighted by Crippen LogP contribution is -2.23. The summed E-state index contributed by atoms with van der Waals surface area (Å²) in [6, 6.07) is 22.3. The summed E-state index contributed by atoms with van der Waals surface area (Å²) in [4.78, 5) is 0. The molecule has 0 aromatic heterocycles. The third-order valence-electron chi connectivity index (χ3n) is 3.64. The van der Waals surface area contributed by atoms with E-state index in [0.717, 1.165) is 22.4 Å². The Labute approximate surface area is 148 Å². The van der Waals surface area contributed by atoms with Crippen molar-refractivity contribution in [2.75, 3.05) is 6.54 Å². The molecular weight excluding hydrogens is 322 g/mol. The zero-order chi connectivity index (χ0) is 16.1. The Kier molecular flexibility index (Phi) is 6.62. The number of nitrogens with one attached hydrogen (secondary N) is 1. The Balaban J connectivity index is 0.00000208. The van der Waals surface area contributed by atoms with Crippen molar-refractivity contribution in [1.29, 1.82) is 0 Å². The van der Waals surface area contributed by atoms with Crippen LogP contribution in [-0.2, 0) is 6.54 Å². The molecule has 1 atom stereocenters. The molecule has 3 aromatic carbocycles. The van der Waals surface area contributed by atoms with Gasteiger partial charge in [0.1, 0.15) is 11.5 Å². The average Bonchev–Trinajstić information content (AvgIpc) is 2.55. The first kappa shape index (κ1) is 18.3. The van der Waals surface area contributed by atoms with Gasteiger partial charge in [-0.25, -0.2) is 0 Å². The fourth-order valence-electron chi connectivity index (χ4n) is 2.56. The van der Waals surface area contributed by atoms with Gasteiger partial charge >= 0.3 is 0 Å². The lowest BCUT2D eigenvalue weighted by molar-refractivity contribution is 0.191. The van der Waals surface area contributed by atoms with Crippen LogP contribution in [0.5, 0.6) is 11.5 Å². The Morgan fingerprint density at radius 1 is 1.00 bits per heavy atom. The van der Waals surface area contributed by atoms with Gasteiger partial charge in [0.05, 0.1) is 6.10 Å². The molecule has 2 N–H and O–H groups in total. The van der Waals surface area contributed by atoms with E-state index >= 15 is 0 Å². The van der Waals surface area contributed by atoms with Gasteiger partial charge in [-0.3, -0.25) is 0 Å². The lowest BCUT2D eigenvalue weighted by Gasteiger charge is -2.11. The maximum absolute atomic E-state index is 9.29. The Hall–Kier alpha value is -2.07. The molecule has 0 aliphatic rings. The monoisotopic (exact) mass is 343 g/mol. The van der Waals surface area contributed by atoms with Gasteiger partial charge in [-0.2, -0.15) is 0 Å². The smallest absolute Gasteiger partial charge is 0.135 e. The van der Waals surface area contributed by atoms with Gasteiger partial charge in [0.2, 0.25) is 0 Å². The van der Waals surface area contributed by atoms with Crippen LogP contribution in [0.2, 0.25) is 0 Å². The highest BCUT2D eigenvalue weighted by molar-refractivity contribution is 5.88. The van der Waals surface area contributed by atoms with Gasteiger partial charge in [-0.05, 0) is 36.1 Å². The highest BCUT2D eigenvalue weighted by Crippen LogP contribution is 2.30. The molecule has 126 valence electrons. The molecule has 0 bridgehead atoms. The third-order valence-corrected chi connectivity index (χ3v) is 3.64. The number of rotatable bonds is 6. The SMILES string of the molecule is C[C@H](O)CNCc1cccc(Oc2cccc3ccccc23)c1.Cl. The van der Waals surface area contributed by atoms with Crippen LogP contribution in [-0.4, -0.2) is 17.8 Å². The van der Waals surface area contributed by atoms with Crippen molar-refractivity contribution >= 4 is 23.2 Å². The molecule has 0 amide bonds. The number of aliphatic hydroxyl groups excluding tert-OH is 1. The third kappa shape index (κ3) is 4.71. The minimum atomic E-state index is -0.342. The van der Waals surface area contributed by atoms with Crippen LogP contribution in [0.3, 0.4) is 0 Å². The summed E-state index contributed by atoms with van der Waals surface area (Å²) in [6.07, 6.45) is -0.342. The van der Waals surface area contributed by atoms with Crippen LogP contribution in [0, 0.1) is 0 Å². The number of ether oxygens (including phenoxy) is 1. The van der Waals surface area contributed by atoms with E-state index in [1.54, 1.807) is 6.92 Å². The van der Waals surface area contributed by atoms with Crippen molar-refractivity contribution in [3.63, 3.8) is 0 Å². The molecule has 0 fully saturated rings. The predicted octanol–water partition coefficient (Wildman–Crippen LogP) is 4.52. The molecule has 0 unspecified atom stereocenters. The summed E-state index contributed by atoms with van der Waals surface area (Å²) >= 11 is 0. The van der Waals surface area contributed by atoms with Gasteiger partial charge in [0.15, 0.2) is 0 Å². The fourth-order valence-corrected chi connectivity index (χ4v) is 2.56. The quantitative estimate of drug-likeness (QED) is 0.691. The molecule has 4 heteroatoms. The second kappa shape index (κ2) is 8.69. The van der Waals surface area contributed by atoms with E-state index in [1.165, 1.54) is 5.39 Å². The average molecular weight is 344 g/mol. The van der Waals surface area contributed by atoms with E-state index in [9.17, 15) is 5.11 Å². The topological polar surface area (TPSA) is 41.5 Å². The number of benzene rings is 3. The van der Waals surface area contributed by atoms with Crippen LogP contribution >= 0.6 is 12.4 Å². The summed E-state index contributed by atoms with van der Waals surface area (Å²) < 4.78 is 6.08. The van der Waals surface area contributed by atoms with Gasteiger partial charge in [-0.15, -0.1) is 12.4 Å². The number of hydrogen-bond donors (Lipinski definition) is 2. The lowest BCUT2D eigenvalue weighted by atomic mass is 10.1. The van der Waals surface area contributed by atoms with Crippen LogP contribution in [0.25, 0.3) is 10.8 Å². The largest absolute Gasteiger partial charge is 0.457 e. The van der Waals surface area contributed by atoms with Crippen molar-refractivity contribution in [1.82, 2.24) is 5.32 Å². The molecule has 0 aliphatic heterocycles. The normalized spacial score (nSPS) is 11.8. The van der Waals surface area contributed by atoms with E-state index in [4.69, 9.17) is 4.74 Å². The predicted molar refractivity (Wildman–Crippen MR) is 101 cm³/mol. The summed E-state index contributed by atoms with van der Waals surface area (Å²) in [5.41, 5.74) is 1.13. The first-order chi connectivity index (χ1) is 11.2. The number of fused-ring (bicyclic) bond motifs is 1. The molecule has 0 spiro atoms. The van der Waals surface area contributed by atoms with Crippen LogP contribution in [0.4, 0.5) is 0 Å². The Morgan fingerprint density at radius 2 is 1.75 bits per heavy atom. The highest BCUT2D eigenvalue weighted by Gasteiger charge is 2.04. The van der Waals surface area contributed by atoms with Crippen LogP contribution < -0.4 is 10.1 Å². The fraction of sp³-hybridized carbons (Fsp3) is 0.200. The van der Waals surface area contributed by atoms with Crippen molar-refractivity contribution in [2.45, 2.75) is 19.6 Å². The molecule has 24 heavy (non-hydrogen) atoms. The first-order valence-electron chi connectivity index (χ1n) is 7.86. The molecule has 0 radical (unpaired) electrons. The summed E-state index contributed by atoms with van der Waals surface area (Å²) in [5, 5.41) is 14.8. The molecule has 3 aromatic rings. The Bertz CT molecular complexity index is 784.